The topological polar surface area (TPSA) is 33.2 Å². The molecule has 15 heavy (non-hydrogen) atoms. The van der Waals surface area contributed by atoms with Crippen molar-refractivity contribution in [2.75, 3.05) is 13.1 Å². The predicted octanol–water partition coefficient (Wildman–Crippen LogP) is 2.18. The Morgan fingerprint density at radius 2 is 2.07 bits per heavy atom. The van der Waals surface area contributed by atoms with Gasteiger partial charge >= 0.3 is 0 Å². The molecule has 2 rings (SSSR count). The molecular weight excluding hydrogens is 212 g/mol. The van der Waals surface area contributed by atoms with Gasteiger partial charge in [-0.25, -0.2) is 4.98 Å². The Bertz CT molecular complexity index is 344. The lowest BCUT2D eigenvalue weighted by molar-refractivity contribution is 0.0736. The number of rotatable bonds is 1. The molecule has 0 aromatic carbocycles. The Hall–Kier alpha value is -1.09. The summed E-state index contributed by atoms with van der Waals surface area (Å²) in [6.07, 6.45) is 5.66. The zero-order chi connectivity index (χ0) is 10.7. The van der Waals surface area contributed by atoms with Crippen LogP contribution < -0.4 is 0 Å². The van der Waals surface area contributed by atoms with Crippen molar-refractivity contribution in [3.8, 4) is 0 Å². The van der Waals surface area contributed by atoms with Crippen LogP contribution in [0.5, 0.6) is 0 Å². The molecule has 3 nitrogen and oxygen atoms in total. The van der Waals surface area contributed by atoms with Gasteiger partial charge < -0.3 is 4.90 Å². The summed E-state index contributed by atoms with van der Waals surface area (Å²) in [7, 11) is 0. The Labute approximate surface area is 94.1 Å². The highest BCUT2D eigenvalue weighted by atomic mass is 35.5. The van der Waals surface area contributed by atoms with Crippen LogP contribution in [0.15, 0.2) is 18.3 Å². The van der Waals surface area contributed by atoms with Crippen molar-refractivity contribution in [1.29, 1.82) is 0 Å². The van der Waals surface area contributed by atoms with Gasteiger partial charge in [-0.3, -0.25) is 4.79 Å². The van der Waals surface area contributed by atoms with Crippen LogP contribution in [0, 0.1) is 6.42 Å². The van der Waals surface area contributed by atoms with Crippen molar-refractivity contribution in [3.05, 3.63) is 35.5 Å². The van der Waals surface area contributed by atoms with Gasteiger partial charge in [-0.1, -0.05) is 11.6 Å². The first kappa shape index (κ1) is 10.4. The lowest BCUT2D eigenvalue weighted by Crippen LogP contribution is -2.36. The Morgan fingerprint density at radius 3 is 2.67 bits per heavy atom. The fourth-order valence-electron chi connectivity index (χ4n) is 1.62. The van der Waals surface area contributed by atoms with E-state index in [0.717, 1.165) is 25.9 Å². The van der Waals surface area contributed by atoms with Crippen molar-refractivity contribution in [1.82, 2.24) is 9.88 Å². The largest absolute Gasteiger partial charge is 0.337 e. The first-order chi connectivity index (χ1) is 7.27. The zero-order valence-electron chi connectivity index (χ0n) is 8.32. The lowest BCUT2D eigenvalue weighted by Gasteiger charge is -2.26. The average molecular weight is 224 g/mol. The predicted molar refractivity (Wildman–Crippen MR) is 58.7 cm³/mol. The van der Waals surface area contributed by atoms with Gasteiger partial charge in [0.1, 0.15) is 5.69 Å². The van der Waals surface area contributed by atoms with E-state index in [1.54, 1.807) is 12.1 Å². The van der Waals surface area contributed by atoms with Crippen LogP contribution in [0.3, 0.4) is 0 Å². The van der Waals surface area contributed by atoms with Gasteiger partial charge in [0, 0.05) is 19.3 Å². The third-order valence-corrected chi connectivity index (χ3v) is 2.66. The molecule has 0 spiro atoms. The smallest absolute Gasteiger partial charge is 0.272 e. The number of carbonyl (C=O) groups is 1. The molecule has 0 N–H and O–H groups in total. The molecule has 1 fully saturated rings. The van der Waals surface area contributed by atoms with Crippen molar-refractivity contribution >= 4 is 17.5 Å². The third kappa shape index (κ3) is 2.48. The maximum atomic E-state index is 11.9. The number of likely N-dealkylation sites (tertiary alicyclic amines) is 1. The fraction of sp³-hybridized carbons (Fsp3) is 0.364. The number of carbonyl (C=O) groups excluding carboxylic acids is 1. The second-order valence-electron chi connectivity index (χ2n) is 3.52. The highest BCUT2D eigenvalue weighted by Gasteiger charge is 2.18. The number of halogens is 1. The van der Waals surface area contributed by atoms with Crippen LogP contribution in [-0.2, 0) is 0 Å². The molecule has 4 heteroatoms. The molecule has 1 aromatic rings. The molecule has 2 heterocycles. The van der Waals surface area contributed by atoms with Crippen LogP contribution in [-0.4, -0.2) is 28.9 Å². The van der Waals surface area contributed by atoms with Crippen molar-refractivity contribution in [2.24, 2.45) is 0 Å². The highest BCUT2D eigenvalue weighted by molar-refractivity contribution is 6.30. The Balaban J connectivity index is 2.09. The van der Waals surface area contributed by atoms with E-state index in [1.165, 1.54) is 6.20 Å². The molecule has 1 amide bonds. The van der Waals surface area contributed by atoms with E-state index in [9.17, 15) is 4.79 Å². The van der Waals surface area contributed by atoms with E-state index in [1.807, 2.05) is 4.90 Å². The summed E-state index contributed by atoms with van der Waals surface area (Å²) in [5.41, 5.74) is 0.473. The fourth-order valence-corrected chi connectivity index (χ4v) is 1.73. The molecule has 1 aliphatic rings. The maximum absolute atomic E-state index is 11.9. The van der Waals surface area contributed by atoms with Gasteiger partial charge in [0.15, 0.2) is 0 Å². The van der Waals surface area contributed by atoms with E-state index in [2.05, 4.69) is 11.4 Å². The third-order valence-electron chi connectivity index (χ3n) is 2.44. The highest BCUT2D eigenvalue weighted by Crippen LogP contribution is 2.12. The number of aromatic nitrogens is 1. The monoisotopic (exact) mass is 223 g/mol. The molecule has 0 aliphatic carbocycles. The number of hydrogen-bond acceptors (Lipinski definition) is 2. The molecule has 1 radical (unpaired) electrons. The van der Waals surface area contributed by atoms with Gasteiger partial charge in [0.25, 0.3) is 5.91 Å². The van der Waals surface area contributed by atoms with Crippen LogP contribution >= 0.6 is 11.6 Å². The number of pyridine rings is 1. The minimum absolute atomic E-state index is 0.000216. The molecule has 1 saturated heterocycles. The molecule has 1 aromatic heterocycles. The molecule has 0 saturated carbocycles. The summed E-state index contributed by atoms with van der Waals surface area (Å²) in [4.78, 5) is 17.8. The van der Waals surface area contributed by atoms with E-state index < -0.39 is 0 Å². The second-order valence-corrected chi connectivity index (χ2v) is 3.96. The van der Waals surface area contributed by atoms with Crippen LogP contribution in [0.2, 0.25) is 5.02 Å². The van der Waals surface area contributed by atoms with Gasteiger partial charge in [0.2, 0.25) is 0 Å². The summed E-state index contributed by atoms with van der Waals surface area (Å²) < 4.78 is 0. The summed E-state index contributed by atoms with van der Waals surface area (Å²) >= 11 is 5.71. The summed E-state index contributed by atoms with van der Waals surface area (Å²) in [6, 6.07) is 3.36. The summed E-state index contributed by atoms with van der Waals surface area (Å²) in [5, 5.41) is 0.554. The number of nitrogens with zero attached hydrogens (tertiary/aromatic N) is 2. The van der Waals surface area contributed by atoms with Crippen molar-refractivity contribution in [2.45, 2.75) is 12.8 Å². The lowest BCUT2D eigenvalue weighted by atomic mass is 10.1. The van der Waals surface area contributed by atoms with Gasteiger partial charge in [-0.2, -0.15) is 0 Å². The minimum Gasteiger partial charge on any atom is -0.337 e. The standard InChI is InChI=1S/C11H12ClN2O/c12-9-4-5-10(13-8-9)11(15)14-6-2-1-3-7-14/h1,4-5,8H,2-3,6-7H2. The van der Waals surface area contributed by atoms with Crippen LogP contribution in [0.4, 0.5) is 0 Å². The molecule has 0 atom stereocenters. The van der Waals surface area contributed by atoms with E-state index >= 15 is 0 Å². The average Bonchev–Trinajstić information content (AvgIpc) is 2.30. The van der Waals surface area contributed by atoms with Crippen molar-refractivity contribution in [3.63, 3.8) is 0 Å². The molecule has 79 valence electrons. The Morgan fingerprint density at radius 1 is 1.33 bits per heavy atom. The summed E-state index contributed by atoms with van der Waals surface area (Å²) in [6.45, 7) is 1.59. The van der Waals surface area contributed by atoms with E-state index in [0.29, 0.717) is 10.7 Å². The minimum atomic E-state index is -0.000216. The number of piperidine rings is 1. The zero-order valence-corrected chi connectivity index (χ0v) is 9.07. The van der Waals surface area contributed by atoms with E-state index in [4.69, 9.17) is 11.6 Å². The molecule has 0 bridgehead atoms. The maximum Gasteiger partial charge on any atom is 0.272 e. The first-order valence-corrected chi connectivity index (χ1v) is 5.37. The van der Waals surface area contributed by atoms with E-state index in [-0.39, 0.29) is 5.91 Å². The second kappa shape index (κ2) is 4.62. The van der Waals surface area contributed by atoms with Gasteiger partial charge in [-0.15, -0.1) is 0 Å². The molecule has 1 aliphatic heterocycles. The number of hydrogen-bond donors (Lipinski definition) is 0. The SMILES string of the molecule is O=C(c1ccc(Cl)cn1)N1CC[CH]CC1. The van der Waals surface area contributed by atoms with Crippen molar-refractivity contribution < 1.29 is 4.79 Å². The van der Waals surface area contributed by atoms with Crippen LogP contribution in [0.25, 0.3) is 0 Å². The first-order valence-electron chi connectivity index (χ1n) is 5.00. The van der Waals surface area contributed by atoms with Gasteiger partial charge in [-0.05, 0) is 31.4 Å². The van der Waals surface area contributed by atoms with Crippen LogP contribution in [0.1, 0.15) is 23.3 Å². The molecule has 0 unspecified atom stereocenters. The molecular formula is C11H12ClN2O. The summed E-state index contributed by atoms with van der Waals surface area (Å²) in [5.74, 6) is -0.000216. The normalized spacial score (nSPS) is 16.5. The quantitative estimate of drug-likeness (QED) is 0.731. The Kier molecular flexibility index (Phi) is 3.21. The number of amides is 1. The van der Waals surface area contributed by atoms with Gasteiger partial charge in [0.05, 0.1) is 5.02 Å².